The second-order valence-electron chi connectivity index (χ2n) is 5.16. The van der Waals surface area contributed by atoms with Gasteiger partial charge in [0.15, 0.2) is 5.43 Å². The fourth-order valence-corrected chi connectivity index (χ4v) is 2.31. The van der Waals surface area contributed by atoms with Crippen molar-refractivity contribution in [2.24, 2.45) is 0 Å². The van der Waals surface area contributed by atoms with Gasteiger partial charge in [-0.1, -0.05) is 42.0 Å². The maximum atomic E-state index is 12.0. The molecule has 3 rings (SSSR count). The van der Waals surface area contributed by atoms with Gasteiger partial charge in [-0.15, -0.1) is 0 Å². The largest absolute Gasteiger partial charge is 0.456 e. The van der Waals surface area contributed by atoms with Crippen molar-refractivity contribution in [3.63, 3.8) is 0 Å². The Kier molecular flexibility index (Phi) is 3.76. The zero-order valence-corrected chi connectivity index (χ0v) is 12.4. The Morgan fingerprint density at radius 2 is 1.61 bits per heavy atom. The van der Waals surface area contributed by atoms with Gasteiger partial charge in [-0.3, -0.25) is 14.9 Å². The van der Waals surface area contributed by atoms with Gasteiger partial charge in [0.25, 0.3) is 5.69 Å². The summed E-state index contributed by atoms with van der Waals surface area (Å²) in [6, 6.07) is 16.3. The Morgan fingerprint density at radius 1 is 0.957 bits per heavy atom. The number of aryl methyl sites for hydroxylation is 1. The molecule has 1 aromatic heterocycles. The Hall–Kier alpha value is -3.21. The van der Waals surface area contributed by atoms with E-state index in [2.05, 4.69) is 0 Å². The van der Waals surface area contributed by atoms with Gasteiger partial charge in [0, 0.05) is 23.8 Å². The lowest BCUT2D eigenvalue weighted by Gasteiger charge is -2.06. The van der Waals surface area contributed by atoms with Gasteiger partial charge < -0.3 is 4.42 Å². The second kappa shape index (κ2) is 5.88. The number of nitro benzene ring substituents is 1. The van der Waals surface area contributed by atoms with Gasteiger partial charge in [0.2, 0.25) is 0 Å². The van der Waals surface area contributed by atoms with E-state index in [0.29, 0.717) is 5.76 Å². The topological polar surface area (TPSA) is 73.3 Å². The van der Waals surface area contributed by atoms with E-state index < -0.39 is 4.92 Å². The number of para-hydroxylation sites is 1. The molecule has 23 heavy (non-hydrogen) atoms. The molecule has 0 atom stereocenters. The molecule has 0 bridgehead atoms. The van der Waals surface area contributed by atoms with Crippen molar-refractivity contribution in [1.29, 1.82) is 0 Å². The monoisotopic (exact) mass is 307 g/mol. The highest BCUT2D eigenvalue weighted by molar-refractivity contribution is 5.70. The molecular weight excluding hydrogens is 294 g/mol. The van der Waals surface area contributed by atoms with Crippen molar-refractivity contribution >= 4 is 5.69 Å². The summed E-state index contributed by atoms with van der Waals surface area (Å²) in [6.45, 7) is 1.96. The number of nitrogens with zero attached hydrogens (tertiary/aromatic N) is 1. The van der Waals surface area contributed by atoms with Crippen LogP contribution in [0.25, 0.3) is 22.6 Å². The molecule has 0 aliphatic carbocycles. The summed E-state index contributed by atoms with van der Waals surface area (Å²) in [6.07, 6.45) is 0. The minimum Gasteiger partial charge on any atom is -0.456 e. The van der Waals surface area contributed by atoms with Crippen molar-refractivity contribution < 1.29 is 9.34 Å². The molecule has 0 spiro atoms. The predicted molar refractivity (Wildman–Crippen MR) is 87.2 cm³/mol. The van der Waals surface area contributed by atoms with Gasteiger partial charge in [-0.05, 0) is 13.0 Å². The van der Waals surface area contributed by atoms with Crippen LogP contribution in [0.4, 0.5) is 5.69 Å². The first-order chi connectivity index (χ1) is 11.0. The summed E-state index contributed by atoms with van der Waals surface area (Å²) in [5.74, 6) is 0.561. The Bertz CT molecular complexity index is 926. The number of rotatable bonds is 3. The highest BCUT2D eigenvalue weighted by Crippen LogP contribution is 2.31. The van der Waals surface area contributed by atoms with E-state index in [-0.39, 0.29) is 22.4 Å². The van der Waals surface area contributed by atoms with Crippen LogP contribution in [-0.2, 0) is 0 Å². The molecule has 114 valence electrons. The average Bonchev–Trinajstić information content (AvgIpc) is 2.55. The molecule has 5 nitrogen and oxygen atoms in total. The molecule has 0 N–H and O–H groups in total. The summed E-state index contributed by atoms with van der Waals surface area (Å²) in [5, 5.41) is 11.2. The molecule has 0 fully saturated rings. The van der Waals surface area contributed by atoms with Gasteiger partial charge in [0.05, 0.1) is 10.5 Å². The molecule has 2 aromatic carbocycles. The van der Waals surface area contributed by atoms with Crippen molar-refractivity contribution in [3.05, 3.63) is 86.6 Å². The lowest BCUT2D eigenvalue weighted by Crippen LogP contribution is -2.00. The summed E-state index contributed by atoms with van der Waals surface area (Å²) < 4.78 is 5.76. The number of nitro groups is 1. The first-order valence-electron chi connectivity index (χ1n) is 7.00. The van der Waals surface area contributed by atoms with Crippen molar-refractivity contribution in [2.45, 2.75) is 6.92 Å². The lowest BCUT2D eigenvalue weighted by atomic mass is 10.1. The smallest absolute Gasteiger partial charge is 0.280 e. The first kappa shape index (κ1) is 14.7. The molecular formula is C18H13NO4. The molecule has 3 aromatic rings. The van der Waals surface area contributed by atoms with E-state index in [4.69, 9.17) is 4.42 Å². The quantitative estimate of drug-likeness (QED) is 0.537. The molecule has 0 saturated carbocycles. The van der Waals surface area contributed by atoms with Crippen molar-refractivity contribution in [1.82, 2.24) is 0 Å². The Labute approximate surface area is 132 Å². The third-order valence-electron chi connectivity index (χ3n) is 3.47. The predicted octanol–water partition coefficient (Wildman–Crippen LogP) is 4.19. The van der Waals surface area contributed by atoms with Crippen LogP contribution in [-0.4, -0.2) is 4.92 Å². The minimum absolute atomic E-state index is 0.100. The van der Waals surface area contributed by atoms with Crippen LogP contribution in [0.3, 0.4) is 0 Å². The van der Waals surface area contributed by atoms with Crippen molar-refractivity contribution in [2.75, 3.05) is 0 Å². The summed E-state index contributed by atoms with van der Waals surface area (Å²) in [4.78, 5) is 22.6. The zero-order chi connectivity index (χ0) is 16.4. The third kappa shape index (κ3) is 3.03. The van der Waals surface area contributed by atoms with Crippen LogP contribution in [0.2, 0.25) is 0 Å². The molecule has 5 heteroatoms. The van der Waals surface area contributed by atoms with Crippen molar-refractivity contribution in [3.8, 4) is 22.6 Å². The van der Waals surface area contributed by atoms with E-state index in [9.17, 15) is 14.9 Å². The maximum absolute atomic E-state index is 12.0. The fraction of sp³-hybridized carbons (Fsp3) is 0.0556. The molecule has 0 unspecified atom stereocenters. The van der Waals surface area contributed by atoms with Crippen LogP contribution in [0, 0.1) is 17.0 Å². The minimum atomic E-state index is -0.492. The van der Waals surface area contributed by atoms with E-state index in [1.54, 1.807) is 18.2 Å². The molecule has 0 radical (unpaired) electrons. The molecule has 0 saturated heterocycles. The van der Waals surface area contributed by atoms with E-state index >= 15 is 0 Å². The highest BCUT2D eigenvalue weighted by Gasteiger charge is 2.17. The van der Waals surface area contributed by atoms with Crippen LogP contribution in [0.1, 0.15) is 5.56 Å². The van der Waals surface area contributed by atoms with Gasteiger partial charge >= 0.3 is 0 Å². The molecule has 0 amide bonds. The normalized spacial score (nSPS) is 10.5. The summed E-state index contributed by atoms with van der Waals surface area (Å²) in [7, 11) is 0. The number of hydrogen-bond acceptors (Lipinski definition) is 4. The van der Waals surface area contributed by atoms with E-state index in [1.807, 2.05) is 31.2 Å². The van der Waals surface area contributed by atoms with Gasteiger partial charge in [-0.2, -0.15) is 0 Å². The van der Waals surface area contributed by atoms with E-state index in [1.165, 1.54) is 18.2 Å². The highest BCUT2D eigenvalue weighted by atomic mass is 16.6. The fourth-order valence-electron chi connectivity index (χ4n) is 2.31. The van der Waals surface area contributed by atoms with Crippen LogP contribution < -0.4 is 5.43 Å². The first-order valence-corrected chi connectivity index (χ1v) is 7.00. The summed E-state index contributed by atoms with van der Waals surface area (Å²) in [5.41, 5.74) is 1.75. The molecule has 1 heterocycles. The van der Waals surface area contributed by atoms with Gasteiger partial charge in [-0.25, -0.2) is 0 Å². The Balaban J connectivity index is 2.17. The summed E-state index contributed by atoms with van der Waals surface area (Å²) >= 11 is 0. The standard InChI is InChI=1S/C18H13NO4/c1-12-6-8-13(9-7-12)17-10-14(20)11-18(23-17)15-4-2-3-5-16(15)19(21)22/h2-11H,1H3. The van der Waals surface area contributed by atoms with Gasteiger partial charge in [0.1, 0.15) is 11.5 Å². The van der Waals surface area contributed by atoms with Crippen LogP contribution >= 0.6 is 0 Å². The van der Waals surface area contributed by atoms with Crippen LogP contribution in [0.5, 0.6) is 0 Å². The number of hydrogen-bond donors (Lipinski definition) is 0. The number of benzene rings is 2. The molecule has 0 aliphatic heterocycles. The van der Waals surface area contributed by atoms with Crippen LogP contribution in [0.15, 0.2) is 69.9 Å². The third-order valence-corrected chi connectivity index (χ3v) is 3.47. The Morgan fingerprint density at radius 3 is 2.30 bits per heavy atom. The van der Waals surface area contributed by atoms with E-state index in [0.717, 1.165) is 11.1 Å². The average molecular weight is 307 g/mol. The second-order valence-corrected chi connectivity index (χ2v) is 5.16. The SMILES string of the molecule is Cc1ccc(-c2cc(=O)cc(-c3ccccc3[N+](=O)[O-])o2)cc1. The molecule has 0 aliphatic rings. The lowest BCUT2D eigenvalue weighted by molar-refractivity contribution is -0.384. The maximum Gasteiger partial charge on any atom is 0.280 e. The zero-order valence-electron chi connectivity index (χ0n) is 12.4.